The Kier molecular flexibility index (Phi) is 1.85. The van der Waals surface area contributed by atoms with Gasteiger partial charge in [-0.25, -0.2) is 4.79 Å². The van der Waals surface area contributed by atoms with Crippen LogP contribution in [0.25, 0.3) is 10.9 Å². The third-order valence-electron chi connectivity index (χ3n) is 1.83. The topological polar surface area (TPSA) is 70.1 Å². The molecule has 0 aliphatic heterocycles. The highest BCUT2D eigenvalue weighted by molar-refractivity contribution is 5.90. The lowest BCUT2D eigenvalue weighted by molar-refractivity contribution is -0.142. The normalized spacial score (nSPS) is 10.4. The van der Waals surface area contributed by atoms with Crippen molar-refractivity contribution in [1.29, 1.82) is 0 Å². The van der Waals surface area contributed by atoms with Crippen LogP contribution in [0.15, 0.2) is 24.4 Å². The van der Waals surface area contributed by atoms with Crippen molar-refractivity contribution >= 4 is 22.6 Å². The van der Waals surface area contributed by atoms with E-state index in [-0.39, 0.29) is 0 Å². The van der Waals surface area contributed by atoms with Crippen molar-refractivity contribution in [3.05, 3.63) is 24.4 Å². The molecule has 0 unspecified atom stereocenters. The lowest BCUT2D eigenvalue weighted by Crippen LogP contribution is -2.17. The summed E-state index contributed by atoms with van der Waals surface area (Å²) in [4.78, 5) is 16.7. The maximum Gasteiger partial charge on any atom is 0.331 e. The SMILES string of the molecule is CC(=O)On1ncc2c(N)cccc21. The molecule has 2 rings (SSSR count). The van der Waals surface area contributed by atoms with E-state index in [1.165, 1.54) is 6.92 Å². The van der Waals surface area contributed by atoms with Crippen molar-refractivity contribution in [2.75, 3.05) is 5.73 Å². The van der Waals surface area contributed by atoms with E-state index in [1.54, 1.807) is 24.4 Å². The minimum atomic E-state index is -0.419. The molecule has 5 heteroatoms. The highest BCUT2D eigenvalue weighted by Crippen LogP contribution is 2.19. The molecule has 0 bridgehead atoms. The van der Waals surface area contributed by atoms with Gasteiger partial charge in [-0.15, -0.1) is 5.10 Å². The number of hydrogen-bond donors (Lipinski definition) is 1. The second-order valence-corrected chi connectivity index (χ2v) is 2.88. The number of fused-ring (bicyclic) bond motifs is 1. The molecule has 0 spiro atoms. The number of carbonyl (C=O) groups is 1. The van der Waals surface area contributed by atoms with E-state index in [9.17, 15) is 4.79 Å². The van der Waals surface area contributed by atoms with Crippen LogP contribution in [-0.2, 0) is 4.79 Å². The van der Waals surface area contributed by atoms with Gasteiger partial charge in [-0.1, -0.05) is 10.9 Å². The van der Waals surface area contributed by atoms with Crippen LogP contribution in [0.3, 0.4) is 0 Å². The molecule has 14 heavy (non-hydrogen) atoms. The molecule has 72 valence electrons. The van der Waals surface area contributed by atoms with Crippen LogP contribution < -0.4 is 10.6 Å². The average Bonchev–Trinajstić information content (AvgIpc) is 2.49. The fourth-order valence-electron chi connectivity index (χ4n) is 1.24. The molecule has 5 nitrogen and oxygen atoms in total. The molecular formula is C9H9N3O2. The van der Waals surface area contributed by atoms with Crippen molar-refractivity contribution in [3.63, 3.8) is 0 Å². The summed E-state index contributed by atoms with van der Waals surface area (Å²) in [7, 11) is 0. The van der Waals surface area contributed by atoms with E-state index in [4.69, 9.17) is 10.6 Å². The molecule has 0 saturated carbocycles. The number of nitrogen functional groups attached to an aromatic ring is 1. The number of nitrogens with two attached hydrogens (primary N) is 1. The fourth-order valence-corrected chi connectivity index (χ4v) is 1.24. The van der Waals surface area contributed by atoms with Gasteiger partial charge in [0.15, 0.2) is 0 Å². The molecule has 0 atom stereocenters. The number of nitrogens with zero attached hydrogens (tertiary/aromatic N) is 2. The number of hydrogen-bond acceptors (Lipinski definition) is 4. The van der Waals surface area contributed by atoms with Crippen LogP contribution in [0.5, 0.6) is 0 Å². The molecule has 0 radical (unpaired) electrons. The molecule has 0 aliphatic carbocycles. The maximum absolute atomic E-state index is 10.7. The molecular weight excluding hydrogens is 182 g/mol. The Balaban J connectivity index is 2.58. The number of aromatic nitrogens is 2. The van der Waals surface area contributed by atoms with Crippen LogP contribution >= 0.6 is 0 Å². The molecule has 0 amide bonds. The Morgan fingerprint density at radius 2 is 2.36 bits per heavy atom. The Morgan fingerprint density at radius 3 is 3.07 bits per heavy atom. The number of rotatable bonds is 1. The summed E-state index contributed by atoms with van der Waals surface area (Å²) in [6.45, 7) is 1.32. The maximum atomic E-state index is 10.7. The highest BCUT2D eigenvalue weighted by Gasteiger charge is 2.06. The summed E-state index contributed by atoms with van der Waals surface area (Å²) in [6.07, 6.45) is 1.56. The molecule has 1 aromatic carbocycles. The molecule has 2 aromatic rings. The minimum absolute atomic E-state index is 0.419. The predicted octanol–water partition coefficient (Wildman–Crippen LogP) is 0.594. The van der Waals surface area contributed by atoms with Crippen molar-refractivity contribution in [2.24, 2.45) is 0 Å². The first kappa shape index (κ1) is 8.55. The quantitative estimate of drug-likeness (QED) is 0.670. The van der Waals surface area contributed by atoms with E-state index in [0.29, 0.717) is 11.2 Å². The third-order valence-corrected chi connectivity index (χ3v) is 1.83. The van der Waals surface area contributed by atoms with Crippen molar-refractivity contribution in [2.45, 2.75) is 6.92 Å². The molecule has 0 aliphatic rings. The van der Waals surface area contributed by atoms with E-state index in [1.807, 2.05) is 0 Å². The lowest BCUT2D eigenvalue weighted by atomic mass is 10.2. The zero-order chi connectivity index (χ0) is 10.1. The number of anilines is 1. The average molecular weight is 191 g/mol. The zero-order valence-electron chi connectivity index (χ0n) is 7.60. The van der Waals surface area contributed by atoms with Gasteiger partial charge in [0.05, 0.1) is 6.20 Å². The van der Waals surface area contributed by atoms with Crippen LogP contribution in [-0.4, -0.2) is 15.9 Å². The van der Waals surface area contributed by atoms with Gasteiger partial charge < -0.3 is 10.6 Å². The summed E-state index contributed by atoms with van der Waals surface area (Å²) in [5.41, 5.74) is 7.00. The van der Waals surface area contributed by atoms with Crippen molar-refractivity contribution < 1.29 is 9.63 Å². The summed E-state index contributed by atoms with van der Waals surface area (Å²) < 4.78 is 0. The van der Waals surface area contributed by atoms with E-state index in [0.717, 1.165) is 10.2 Å². The molecule has 1 aromatic heterocycles. The first-order valence-electron chi connectivity index (χ1n) is 4.09. The van der Waals surface area contributed by atoms with Crippen LogP contribution in [0.1, 0.15) is 6.92 Å². The molecule has 0 fully saturated rings. The zero-order valence-corrected chi connectivity index (χ0v) is 7.60. The standard InChI is InChI=1S/C9H9N3O2/c1-6(13)14-12-9-4-2-3-8(10)7(9)5-11-12/h2-5H,10H2,1H3. The Bertz CT molecular complexity index is 490. The smallest absolute Gasteiger partial charge is 0.331 e. The van der Waals surface area contributed by atoms with Crippen LogP contribution in [0, 0.1) is 0 Å². The largest absolute Gasteiger partial charge is 0.398 e. The monoisotopic (exact) mass is 191 g/mol. The Morgan fingerprint density at radius 1 is 1.57 bits per heavy atom. The van der Waals surface area contributed by atoms with Crippen molar-refractivity contribution in [3.8, 4) is 0 Å². The van der Waals surface area contributed by atoms with E-state index < -0.39 is 5.97 Å². The minimum Gasteiger partial charge on any atom is -0.398 e. The molecule has 0 saturated heterocycles. The Hall–Kier alpha value is -2.04. The van der Waals surface area contributed by atoms with E-state index in [2.05, 4.69) is 5.10 Å². The van der Waals surface area contributed by atoms with E-state index >= 15 is 0 Å². The third kappa shape index (κ3) is 1.28. The summed E-state index contributed by atoms with van der Waals surface area (Å²) >= 11 is 0. The van der Waals surface area contributed by atoms with Gasteiger partial charge in [-0.3, -0.25) is 0 Å². The van der Waals surface area contributed by atoms with Gasteiger partial charge >= 0.3 is 5.97 Å². The van der Waals surface area contributed by atoms with Crippen LogP contribution in [0.2, 0.25) is 0 Å². The van der Waals surface area contributed by atoms with Crippen molar-refractivity contribution in [1.82, 2.24) is 9.94 Å². The first-order valence-corrected chi connectivity index (χ1v) is 4.09. The molecule has 2 N–H and O–H groups in total. The Labute approximate surface area is 80.0 Å². The summed E-state index contributed by atoms with van der Waals surface area (Å²) in [6, 6.07) is 5.32. The van der Waals surface area contributed by atoms with Crippen LogP contribution in [0.4, 0.5) is 5.69 Å². The fraction of sp³-hybridized carbons (Fsp3) is 0.111. The summed E-state index contributed by atoms with van der Waals surface area (Å²) in [5.74, 6) is -0.419. The second-order valence-electron chi connectivity index (χ2n) is 2.88. The van der Waals surface area contributed by atoms with Gasteiger partial charge in [-0.05, 0) is 12.1 Å². The number of carbonyl (C=O) groups excluding carboxylic acids is 1. The highest BCUT2D eigenvalue weighted by atomic mass is 16.7. The first-order chi connectivity index (χ1) is 6.68. The van der Waals surface area contributed by atoms with Gasteiger partial charge in [-0.2, -0.15) is 0 Å². The van der Waals surface area contributed by atoms with Gasteiger partial charge in [0.1, 0.15) is 5.52 Å². The van der Waals surface area contributed by atoms with Gasteiger partial charge in [0.25, 0.3) is 0 Å². The van der Waals surface area contributed by atoms with Gasteiger partial charge in [0, 0.05) is 18.0 Å². The van der Waals surface area contributed by atoms with Gasteiger partial charge in [0.2, 0.25) is 0 Å². The summed E-state index contributed by atoms with van der Waals surface area (Å²) in [5, 5.41) is 4.66. The molecule has 1 heterocycles. The predicted molar refractivity (Wildman–Crippen MR) is 51.4 cm³/mol. The second kappa shape index (κ2) is 3.02. The lowest BCUT2D eigenvalue weighted by Gasteiger charge is -2.00. The number of benzene rings is 1.